The Bertz CT molecular complexity index is 99.2. The standard InChI is InChI=1S/Cr.Fe.Ni.H2O4S/c;;;1-5(2,3)4/h;;;(H2,1,2,3,4)/q+3;2*+2;/p-2. The summed E-state index contributed by atoms with van der Waals surface area (Å²) in [6, 6.07) is 0. The van der Waals surface area contributed by atoms with Crippen LogP contribution in [-0.2, 0) is 61.3 Å². The first-order valence-corrected chi connectivity index (χ1v) is 2.00. The van der Waals surface area contributed by atoms with Gasteiger partial charge in [-0.2, -0.15) is 0 Å². The van der Waals surface area contributed by atoms with E-state index < -0.39 is 10.4 Å². The van der Waals surface area contributed by atoms with Crippen LogP contribution in [0.4, 0.5) is 0 Å². The molecule has 0 aromatic rings. The summed E-state index contributed by atoms with van der Waals surface area (Å²) in [6.07, 6.45) is 0. The molecule has 8 heavy (non-hydrogen) atoms. The van der Waals surface area contributed by atoms with E-state index in [0.717, 1.165) is 0 Å². The van der Waals surface area contributed by atoms with E-state index in [9.17, 15) is 0 Å². The predicted octanol–water partition coefficient (Wildman–Crippen LogP) is -1.35. The number of hydrogen-bond donors (Lipinski definition) is 0. The minimum Gasteiger partial charge on any atom is -0.759 e. The number of hydrogen-bond acceptors (Lipinski definition) is 4. The van der Waals surface area contributed by atoms with Gasteiger partial charge in [0.05, 0.1) is 0 Å². The molecular weight excluding hydrogens is 263 g/mol. The Balaban J connectivity index is -0.0000000267. The quantitative estimate of drug-likeness (QED) is 0.307. The molecule has 0 atom stereocenters. The van der Waals surface area contributed by atoms with Crippen LogP contribution < -0.4 is 0 Å². The molecule has 4 nitrogen and oxygen atoms in total. The second-order valence-corrected chi connectivity index (χ2v) is 1.22. The molecule has 0 bridgehead atoms. The van der Waals surface area contributed by atoms with Crippen LogP contribution >= 0.6 is 0 Å². The van der Waals surface area contributed by atoms with E-state index in [1.165, 1.54) is 0 Å². The first-order chi connectivity index (χ1) is 2.00. The average molecular weight is 263 g/mol. The summed E-state index contributed by atoms with van der Waals surface area (Å²) in [5.41, 5.74) is 0. The van der Waals surface area contributed by atoms with E-state index in [2.05, 4.69) is 0 Å². The van der Waals surface area contributed by atoms with Crippen molar-refractivity contribution >= 4 is 10.4 Å². The molecule has 0 aromatic carbocycles. The van der Waals surface area contributed by atoms with Crippen LogP contribution in [0, 0.1) is 0 Å². The number of rotatable bonds is 0. The van der Waals surface area contributed by atoms with Crippen molar-refractivity contribution in [2.75, 3.05) is 0 Å². The predicted molar refractivity (Wildman–Crippen MR) is 10.5 cm³/mol. The summed E-state index contributed by atoms with van der Waals surface area (Å²) < 4.78 is 34.1. The summed E-state index contributed by atoms with van der Waals surface area (Å²) >= 11 is 0. The van der Waals surface area contributed by atoms with Crippen molar-refractivity contribution in [3.63, 3.8) is 0 Å². The fraction of sp³-hybridized carbons (Fsp3) is 0. The van der Waals surface area contributed by atoms with Gasteiger partial charge in [-0.1, -0.05) is 0 Å². The van der Waals surface area contributed by atoms with Crippen molar-refractivity contribution in [2.24, 2.45) is 0 Å². The van der Waals surface area contributed by atoms with Crippen molar-refractivity contribution in [1.82, 2.24) is 0 Å². The van der Waals surface area contributed by atoms with Crippen molar-refractivity contribution in [3.8, 4) is 0 Å². The molecule has 0 aliphatic heterocycles. The Morgan fingerprint density at radius 3 is 1.12 bits per heavy atom. The minimum atomic E-state index is -5.17. The molecule has 0 rings (SSSR count). The van der Waals surface area contributed by atoms with Gasteiger partial charge in [-0.25, -0.2) is 0 Å². The van der Waals surface area contributed by atoms with E-state index in [1.54, 1.807) is 0 Å². The summed E-state index contributed by atoms with van der Waals surface area (Å²) in [5.74, 6) is 0. The topological polar surface area (TPSA) is 80.3 Å². The molecule has 0 heterocycles. The first-order valence-electron chi connectivity index (χ1n) is 0.667. The molecule has 0 saturated heterocycles. The van der Waals surface area contributed by atoms with Gasteiger partial charge in [-0.05, 0) is 0 Å². The molecule has 49 valence electrons. The normalized spacial score (nSPS) is 7.25. The zero-order chi connectivity index (χ0) is 4.50. The largest absolute Gasteiger partial charge is 3.00 e. The van der Waals surface area contributed by atoms with E-state index in [0.29, 0.717) is 0 Å². The third kappa shape index (κ3) is 152. The Morgan fingerprint density at radius 2 is 1.12 bits per heavy atom. The second kappa shape index (κ2) is 8.42. The molecule has 0 N–H and O–H groups in total. The third-order valence-electron chi connectivity index (χ3n) is 0. The SMILES string of the molecule is O=S(=O)([O-])[O-].[Cr+3].[Fe+2].[Ni+2]. The van der Waals surface area contributed by atoms with Gasteiger partial charge in [0.15, 0.2) is 0 Å². The molecule has 0 fully saturated rings. The van der Waals surface area contributed by atoms with Crippen molar-refractivity contribution in [2.45, 2.75) is 0 Å². The van der Waals surface area contributed by atoms with Gasteiger partial charge in [0.1, 0.15) is 0 Å². The second-order valence-electron chi connectivity index (χ2n) is 0.408. The Labute approximate surface area is 78.5 Å². The average Bonchev–Trinajstić information content (AvgIpc) is 0.722. The monoisotopic (exact) mass is 262 g/mol. The van der Waals surface area contributed by atoms with E-state index in [1.807, 2.05) is 0 Å². The maximum atomic E-state index is 8.52. The molecule has 0 unspecified atom stereocenters. The van der Waals surface area contributed by atoms with Gasteiger partial charge >= 0.3 is 50.9 Å². The molecule has 0 amide bonds. The Hall–Kier alpha value is 1.42. The van der Waals surface area contributed by atoms with Gasteiger partial charge in [0.25, 0.3) is 0 Å². The first kappa shape index (κ1) is 22.7. The summed E-state index contributed by atoms with van der Waals surface area (Å²) in [4.78, 5) is 0. The van der Waals surface area contributed by atoms with Gasteiger partial charge in [0, 0.05) is 10.4 Å². The fourth-order valence-corrected chi connectivity index (χ4v) is 0. The molecule has 0 saturated carbocycles. The molecule has 0 aliphatic rings. The molecule has 0 aliphatic carbocycles. The third-order valence-corrected chi connectivity index (χ3v) is 0. The smallest absolute Gasteiger partial charge is 0.759 e. The molecule has 8 heteroatoms. The molecular formula is CrFeNiO4S+5. The summed E-state index contributed by atoms with van der Waals surface area (Å²) in [5, 5.41) is 0. The van der Waals surface area contributed by atoms with E-state index >= 15 is 0 Å². The fourth-order valence-electron chi connectivity index (χ4n) is 0. The van der Waals surface area contributed by atoms with E-state index in [4.69, 9.17) is 17.5 Å². The summed E-state index contributed by atoms with van der Waals surface area (Å²) in [6.45, 7) is 0. The van der Waals surface area contributed by atoms with Crippen LogP contribution in [0.5, 0.6) is 0 Å². The maximum absolute atomic E-state index is 8.52. The van der Waals surface area contributed by atoms with Gasteiger partial charge in [0.2, 0.25) is 0 Å². The van der Waals surface area contributed by atoms with Gasteiger partial charge in [-0.3, -0.25) is 8.42 Å². The van der Waals surface area contributed by atoms with Crippen LogP contribution in [0.15, 0.2) is 0 Å². The van der Waals surface area contributed by atoms with Crippen LogP contribution in [0.25, 0.3) is 0 Å². The van der Waals surface area contributed by atoms with Crippen molar-refractivity contribution in [1.29, 1.82) is 0 Å². The summed E-state index contributed by atoms with van der Waals surface area (Å²) in [7, 11) is -5.17. The zero-order valence-corrected chi connectivity index (χ0v) is 7.30. The molecule has 1 radical (unpaired) electrons. The molecule has 0 spiro atoms. The van der Waals surface area contributed by atoms with E-state index in [-0.39, 0.29) is 50.9 Å². The van der Waals surface area contributed by atoms with Crippen LogP contribution in [0.2, 0.25) is 0 Å². The van der Waals surface area contributed by atoms with Crippen molar-refractivity contribution < 1.29 is 68.4 Å². The van der Waals surface area contributed by atoms with Crippen molar-refractivity contribution in [3.05, 3.63) is 0 Å². The zero-order valence-electron chi connectivity index (χ0n) is 3.12. The Morgan fingerprint density at radius 1 is 1.12 bits per heavy atom. The maximum Gasteiger partial charge on any atom is 3.00 e. The molecule has 0 aromatic heterocycles. The minimum absolute atomic E-state index is 0. The van der Waals surface area contributed by atoms with Crippen LogP contribution in [-0.4, -0.2) is 17.5 Å². The van der Waals surface area contributed by atoms with Gasteiger partial charge < -0.3 is 9.11 Å². The van der Waals surface area contributed by atoms with Crippen LogP contribution in [0.1, 0.15) is 0 Å². The van der Waals surface area contributed by atoms with Gasteiger partial charge in [-0.15, -0.1) is 0 Å². The van der Waals surface area contributed by atoms with Crippen LogP contribution in [0.3, 0.4) is 0 Å². The Kier molecular flexibility index (Phi) is 23.9.